The number of aliphatic hydroxyl groups excluding tert-OH is 2. The summed E-state index contributed by atoms with van der Waals surface area (Å²) in [6.45, 7) is 3.50. The Morgan fingerprint density at radius 1 is 0.747 bits per heavy atom. The van der Waals surface area contributed by atoms with E-state index in [-0.39, 0.29) is 56.9 Å². The largest absolute Gasteiger partial charge is 0.481 e. The van der Waals surface area contributed by atoms with Gasteiger partial charge in [-0.1, -0.05) is 13.8 Å². The number of unbranched alkanes of at least 4 members (excludes halogenated alkanes) is 2. The molecule has 1 aromatic heterocycles. The average Bonchev–Trinajstić information content (AvgIpc) is 4.07. The van der Waals surface area contributed by atoms with E-state index in [1.165, 1.54) is 19.4 Å². The number of H-pyrrole nitrogens is 1. The minimum Gasteiger partial charge on any atom is -0.481 e. The average molecular weight is 1090 g/mol. The van der Waals surface area contributed by atoms with Gasteiger partial charge in [-0.2, -0.15) is 12.6 Å². The number of nitrogens with two attached hydrogens (primary N) is 3. The standard InChI is InChI=1S/C45H76N14O15S/c1-23(2)15-29(39(67)56-31(17-35(63)64)41(69)53-27(9-4-6-12-46)38(66)54-28(45(73)74)10-5-7-13-47)55-40(68)30(16-25-18-49-22-51-25)52-34(62)19-50-42(70)33-11-8-14-59(33)44(72)32(20-60)57-43(71)36(24(3)61)58-37(65)26(48)21-75/h18,22-24,26-33,36,60-61,75H,4-17,19-21,46-48H2,1-3H3,(H,49,51)(H,50,70)(H,52,62)(H,53,69)(H,54,66)(H,55,68)(H,56,67)(H,57,71)(H,58,65)(H,63,64)(H,73,74)/t24-,26+,27+,28+,29+,30+,31+,32+,33+,36+/m1/s1. The lowest BCUT2D eigenvalue weighted by Crippen LogP contribution is -2.61. The highest BCUT2D eigenvalue weighted by atomic mass is 32.1. The van der Waals surface area contributed by atoms with Crippen LogP contribution >= 0.6 is 12.6 Å². The lowest BCUT2D eigenvalue weighted by atomic mass is 10.0. The number of nitrogens with one attached hydrogen (secondary N) is 9. The SMILES string of the molecule is CC(C)C[C@H](NC(=O)[C@H](Cc1cnc[nH]1)NC(=O)CNC(=O)[C@@H]1CCCN1C(=O)[C@H](CO)NC(=O)[C@@H](NC(=O)[C@@H](N)CS)[C@@H](C)O)C(=O)N[C@@H](CC(=O)O)C(=O)N[C@@H](CCCCN)C(=O)N[C@@H](CCCCN)C(=O)O. The van der Waals surface area contributed by atoms with Crippen molar-refractivity contribution < 1.29 is 73.2 Å². The summed E-state index contributed by atoms with van der Waals surface area (Å²) in [6, 6.07) is -12.9. The zero-order valence-electron chi connectivity index (χ0n) is 42.4. The summed E-state index contributed by atoms with van der Waals surface area (Å²) in [7, 11) is 0. The topological polar surface area (TPSA) is 475 Å². The first-order valence-electron chi connectivity index (χ1n) is 24.6. The van der Waals surface area contributed by atoms with Crippen LogP contribution in [0.15, 0.2) is 12.5 Å². The number of aromatic amines is 1. The van der Waals surface area contributed by atoms with Crippen LogP contribution in [0.3, 0.4) is 0 Å². The van der Waals surface area contributed by atoms with Crippen LogP contribution in [0.4, 0.5) is 0 Å². The highest BCUT2D eigenvalue weighted by Crippen LogP contribution is 2.19. The van der Waals surface area contributed by atoms with Gasteiger partial charge in [0.25, 0.3) is 0 Å². The number of aromatic nitrogens is 2. The lowest BCUT2D eigenvalue weighted by molar-refractivity contribution is -0.143. The minimum atomic E-state index is -1.81. The smallest absolute Gasteiger partial charge is 0.326 e. The minimum absolute atomic E-state index is 0.0142. The van der Waals surface area contributed by atoms with Crippen LogP contribution in [0, 0.1) is 5.92 Å². The van der Waals surface area contributed by atoms with Crippen LogP contribution in [0.1, 0.15) is 90.7 Å². The van der Waals surface area contributed by atoms with Gasteiger partial charge in [0.2, 0.25) is 53.2 Å². The van der Waals surface area contributed by atoms with E-state index in [1.807, 2.05) is 0 Å². The molecule has 0 unspecified atom stereocenters. The third-order valence-corrected chi connectivity index (χ3v) is 12.2. The number of hydrogen-bond acceptors (Lipinski definition) is 18. The molecule has 422 valence electrons. The highest BCUT2D eigenvalue weighted by Gasteiger charge is 2.40. The van der Waals surface area contributed by atoms with Crippen LogP contribution in [0.2, 0.25) is 0 Å². The second kappa shape index (κ2) is 33.4. The molecule has 1 aromatic rings. The van der Waals surface area contributed by atoms with Crippen molar-refractivity contribution in [3.05, 3.63) is 18.2 Å². The number of likely N-dealkylation sites (tertiary alicyclic amines) is 1. The number of carbonyl (C=O) groups excluding carboxylic acids is 9. The number of aliphatic hydroxyl groups is 2. The zero-order valence-corrected chi connectivity index (χ0v) is 43.3. The maximum atomic E-state index is 14.0. The van der Waals surface area contributed by atoms with Crippen LogP contribution in [0.5, 0.6) is 0 Å². The summed E-state index contributed by atoms with van der Waals surface area (Å²) in [5, 5.41) is 58.9. The van der Waals surface area contributed by atoms with E-state index in [9.17, 15) is 73.2 Å². The first kappa shape index (κ1) is 64.6. The van der Waals surface area contributed by atoms with Gasteiger partial charge in [-0.15, -0.1) is 0 Å². The van der Waals surface area contributed by atoms with Gasteiger partial charge in [-0.3, -0.25) is 47.9 Å². The molecule has 0 spiro atoms. The monoisotopic (exact) mass is 1080 g/mol. The van der Waals surface area contributed by atoms with Gasteiger partial charge in [0.05, 0.1) is 38.0 Å². The van der Waals surface area contributed by atoms with Crippen molar-refractivity contribution in [1.82, 2.24) is 57.4 Å². The second-order valence-electron chi connectivity index (χ2n) is 18.4. The fourth-order valence-corrected chi connectivity index (χ4v) is 7.91. The number of nitrogens with zero attached hydrogens (tertiary/aromatic N) is 2. The number of carboxylic acids is 2. The van der Waals surface area contributed by atoms with Crippen LogP contribution < -0.4 is 59.7 Å². The number of imidazole rings is 1. The third-order valence-electron chi connectivity index (χ3n) is 11.8. The van der Waals surface area contributed by atoms with E-state index in [4.69, 9.17) is 17.2 Å². The summed E-state index contributed by atoms with van der Waals surface area (Å²) in [4.78, 5) is 153. The number of amides is 9. The van der Waals surface area contributed by atoms with Gasteiger partial charge in [-0.25, -0.2) is 9.78 Å². The molecule has 10 atom stereocenters. The van der Waals surface area contributed by atoms with Gasteiger partial charge in [0, 0.05) is 30.6 Å². The Hall–Kier alpha value is -6.47. The normalized spacial score (nSPS) is 16.8. The lowest BCUT2D eigenvalue weighted by Gasteiger charge is -2.29. The summed E-state index contributed by atoms with van der Waals surface area (Å²) in [6.07, 6.45) is 2.00. The van der Waals surface area contributed by atoms with Crippen molar-refractivity contribution in [2.24, 2.45) is 23.1 Å². The first-order valence-corrected chi connectivity index (χ1v) is 25.3. The summed E-state index contributed by atoms with van der Waals surface area (Å²) in [5.74, 6) is -11.5. The van der Waals surface area contributed by atoms with Crippen LogP contribution in [-0.4, -0.2) is 199 Å². The molecular weight excluding hydrogens is 1010 g/mol. The van der Waals surface area contributed by atoms with Gasteiger partial charge >= 0.3 is 11.9 Å². The molecule has 19 N–H and O–H groups in total. The number of carboxylic acid groups (broad SMARTS) is 2. The molecule has 1 aliphatic rings. The quantitative estimate of drug-likeness (QED) is 0.0222. The van der Waals surface area contributed by atoms with Crippen molar-refractivity contribution in [3.8, 4) is 0 Å². The van der Waals surface area contributed by atoms with E-state index < -0.39 is 145 Å². The molecule has 75 heavy (non-hydrogen) atoms. The van der Waals surface area contributed by atoms with Gasteiger partial charge < -0.3 is 90.0 Å². The molecule has 2 heterocycles. The Morgan fingerprint density at radius 2 is 1.31 bits per heavy atom. The zero-order chi connectivity index (χ0) is 56.4. The number of aliphatic carboxylic acids is 2. The van der Waals surface area contributed by atoms with Crippen molar-refractivity contribution >= 4 is 77.7 Å². The van der Waals surface area contributed by atoms with Crippen molar-refractivity contribution in [1.29, 1.82) is 0 Å². The third kappa shape index (κ3) is 22.5. The summed E-state index contributed by atoms with van der Waals surface area (Å²) < 4.78 is 0. The van der Waals surface area contributed by atoms with Crippen molar-refractivity contribution in [2.45, 2.75) is 152 Å². The fraction of sp³-hybridized carbons (Fsp3) is 0.689. The van der Waals surface area contributed by atoms with Gasteiger partial charge in [0.15, 0.2) is 0 Å². The van der Waals surface area contributed by atoms with E-state index >= 15 is 0 Å². The predicted octanol–water partition coefficient (Wildman–Crippen LogP) is -6.05. The van der Waals surface area contributed by atoms with Crippen LogP contribution in [0.25, 0.3) is 0 Å². The van der Waals surface area contributed by atoms with Crippen molar-refractivity contribution in [3.63, 3.8) is 0 Å². The molecular formula is C45H76N14O15S. The van der Waals surface area contributed by atoms with Gasteiger partial charge in [0.1, 0.15) is 48.3 Å². The number of rotatable bonds is 35. The maximum absolute atomic E-state index is 14.0. The molecule has 1 aliphatic heterocycles. The van der Waals surface area contributed by atoms with E-state index in [2.05, 4.69) is 65.1 Å². The number of carbonyl (C=O) groups is 11. The Bertz CT molecular complexity index is 2080. The molecule has 9 amide bonds. The van der Waals surface area contributed by atoms with E-state index in [1.54, 1.807) is 13.8 Å². The molecule has 29 nitrogen and oxygen atoms in total. The maximum Gasteiger partial charge on any atom is 0.326 e. The van der Waals surface area contributed by atoms with E-state index in [0.29, 0.717) is 44.3 Å². The Labute approximate surface area is 438 Å². The fourth-order valence-electron chi connectivity index (χ4n) is 7.74. The molecule has 0 radical (unpaired) electrons. The Balaban J connectivity index is 2.25. The summed E-state index contributed by atoms with van der Waals surface area (Å²) >= 11 is 3.93. The highest BCUT2D eigenvalue weighted by molar-refractivity contribution is 7.80. The molecule has 30 heteroatoms. The molecule has 0 aromatic carbocycles. The van der Waals surface area contributed by atoms with Gasteiger partial charge in [-0.05, 0) is 83.7 Å². The molecule has 2 rings (SSSR count). The first-order chi connectivity index (χ1) is 35.5. The molecule has 0 bridgehead atoms. The molecule has 0 saturated carbocycles. The molecule has 1 fully saturated rings. The summed E-state index contributed by atoms with van der Waals surface area (Å²) in [5.41, 5.74) is 17.1. The Kier molecular flexibility index (Phi) is 28.8. The second-order valence-corrected chi connectivity index (χ2v) is 18.8. The molecule has 1 saturated heterocycles. The van der Waals surface area contributed by atoms with Crippen LogP contribution in [-0.2, 0) is 59.2 Å². The van der Waals surface area contributed by atoms with Crippen molar-refractivity contribution in [2.75, 3.05) is 38.5 Å². The number of hydrogen-bond donors (Lipinski definition) is 17. The number of thiol groups is 1. The van der Waals surface area contributed by atoms with E-state index in [0.717, 1.165) is 4.90 Å². The molecule has 0 aliphatic carbocycles. The predicted molar refractivity (Wildman–Crippen MR) is 269 cm³/mol. The Morgan fingerprint density at radius 3 is 1.85 bits per heavy atom.